The molecule has 1 aromatic heterocycles. The molecule has 0 atom stereocenters. The topological polar surface area (TPSA) is 70.9 Å². The second kappa shape index (κ2) is 4.33. The Balaban J connectivity index is 2.97. The Morgan fingerprint density at radius 3 is 3.00 bits per heavy atom. The van der Waals surface area contributed by atoms with Gasteiger partial charge in [-0.25, -0.2) is 0 Å². The van der Waals surface area contributed by atoms with Crippen LogP contribution in [0.1, 0.15) is 13.8 Å². The summed E-state index contributed by atoms with van der Waals surface area (Å²) < 4.78 is 5.37. The maximum Gasteiger partial charge on any atom is 0.168 e. The predicted molar refractivity (Wildman–Crippen MR) is 48.8 cm³/mol. The summed E-state index contributed by atoms with van der Waals surface area (Å²) in [4.78, 5) is 6.53. The lowest BCUT2D eigenvalue weighted by Gasteiger charge is -2.10. The van der Waals surface area contributed by atoms with Gasteiger partial charge in [0.25, 0.3) is 0 Å². The Kier molecular flexibility index (Phi) is 3.11. The zero-order chi connectivity index (χ0) is 9.68. The van der Waals surface area contributed by atoms with Crippen LogP contribution in [-0.4, -0.2) is 11.1 Å². The maximum absolute atomic E-state index is 8.24. The number of rotatable bonds is 3. The molecule has 0 aliphatic rings. The van der Waals surface area contributed by atoms with Crippen molar-refractivity contribution in [3.05, 3.63) is 28.8 Å². The van der Waals surface area contributed by atoms with Gasteiger partial charge in [0.2, 0.25) is 0 Å². The third-order valence-electron chi connectivity index (χ3n) is 1.25. The van der Waals surface area contributed by atoms with E-state index in [4.69, 9.17) is 10.3 Å². The largest absolute Gasteiger partial charge is 0.489 e. The first-order valence-electron chi connectivity index (χ1n) is 3.91. The van der Waals surface area contributed by atoms with E-state index < -0.39 is 0 Å². The normalized spacial score (nSPS) is 9.46. The molecule has 0 aliphatic heterocycles. The van der Waals surface area contributed by atoms with Gasteiger partial charge in [0.15, 0.2) is 5.82 Å². The molecule has 0 radical (unpaired) electrons. The number of hydrogen-bond donors (Lipinski definition) is 0. The smallest absolute Gasteiger partial charge is 0.168 e. The molecule has 0 aliphatic carbocycles. The maximum atomic E-state index is 8.24. The van der Waals surface area contributed by atoms with E-state index in [1.165, 1.54) is 0 Å². The standard InChI is InChI=1S/C8H10N4O/c1-6(2)13-7-4-3-5-10-8(7)11-12-9/h3-6H,1-2H3. The summed E-state index contributed by atoms with van der Waals surface area (Å²) in [6, 6.07) is 3.45. The highest BCUT2D eigenvalue weighted by Gasteiger charge is 2.03. The number of aromatic nitrogens is 1. The lowest BCUT2D eigenvalue weighted by molar-refractivity contribution is 0.242. The van der Waals surface area contributed by atoms with Crippen molar-refractivity contribution in [3.8, 4) is 5.75 Å². The molecule has 0 unspecified atom stereocenters. The van der Waals surface area contributed by atoms with Crippen LogP contribution in [-0.2, 0) is 0 Å². The molecule has 0 spiro atoms. The van der Waals surface area contributed by atoms with Gasteiger partial charge in [-0.05, 0) is 36.6 Å². The summed E-state index contributed by atoms with van der Waals surface area (Å²) in [7, 11) is 0. The minimum Gasteiger partial charge on any atom is -0.489 e. The molecule has 0 saturated carbocycles. The zero-order valence-electron chi connectivity index (χ0n) is 7.51. The Morgan fingerprint density at radius 2 is 2.38 bits per heavy atom. The monoisotopic (exact) mass is 178 g/mol. The highest BCUT2D eigenvalue weighted by atomic mass is 16.5. The predicted octanol–water partition coefficient (Wildman–Crippen LogP) is 2.81. The van der Waals surface area contributed by atoms with Crippen molar-refractivity contribution in [2.75, 3.05) is 0 Å². The molecule has 68 valence electrons. The van der Waals surface area contributed by atoms with Crippen LogP contribution in [0, 0.1) is 0 Å². The van der Waals surface area contributed by atoms with Gasteiger partial charge in [-0.1, -0.05) is 0 Å². The molecule has 0 bridgehead atoms. The van der Waals surface area contributed by atoms with E-state index >= 15 is 0 Å². The second-order valence-corrected chi connectivity index (χ2v) is 2.68. The Hall–Kier alpha value is -1.74. The number of azide groups is 1. The van der Waals surface area contributed by atoms with Gasteiger partial charge in [-0.3, -0.25) is 4.98 Å². The van der Waals surface area contributed by atoms with E-state index in [1.54, 1.807) is 18.3 Å². The van der Waals surface area contributed by atoms with E-state index in [1.807, 2.05) is 13.8 Å². The molecular weight excluding hydrogens is 168 g/mol. The number of nitrogens with zero attached hydrogens (tertiary/aromatic N) is 4. The number of pyridine rings is 1. The van der Waals surface area contributed by atoms with Crippen LogP contribution >= 0.6 is 0 Å². The quantitative estimate of drug-likeness (QED) is 0.405. The average molecular weight is 178 g/mol. The van der Waals surface area contributed by atoms with Crippen LogP contribution < -0.4 is 4.74 Å². The first-order valence-corrected chi connectivity index (χ1v) is 3.91. The Morgan fingerprint density at radius 1 is 1.62 bits per heavy atom. The minimum absolute atomic E-state index is 0.0387. The summed E-state index contributed by atoms with van der Waals surface area (Å²) >= 11 is 0. The van der Waals surface area contributed by atoms with Gasteiger partial charge >= 0.3 is 0 Å². The van der Waals surface area contributed by atoms with Crippen molar-refractivity contribution in [3.63, 3.8) is 0 Å². The van der Waals surface area contributed by atoms with Crippen molar-refractivity contribution < 1.29 is 4.74 Å². The van der Waals surface area contributed by atoms with Crippen molar-refractivity contribution >= 4 is 5.82 Å². The van der Waals surface area contributed by atoms with E-state index in [-0.39, 0.29) is 11.9 Å². The van der Waals surface area contributed by atoms with Gasteiger partial charge in [0.1, 0.15) is 5.75 Å². The molecule has 0 aromatic carbocycles. The summed E-state index contributed by atoms with van der Waals surface area (Å²) in [5.41, 5.74) is 8.24. The van der Waals surface area contributed by atoms with Gasteiger partial charge < -0.3 is 4.74 Å². The highest BCUT2D eigenvalue weighted by Crippen LogP contribution is 2.24. The van der Waals surface area contributed by atoms with Crippen LogP contribution in [0.2, 0.25) is 0 Å². The first-order chi connectivity index (χ1) is 6.24. The summed E-state index contributed by atoms with van der Waals surface area (Å²) in [5.74, 6) is 0.786. The lowest BCUT2D eigenvalue weighted by Crippen LogP contribution is -2.05. The highest BCUT2D eigenvalue weighted by molar-refractivity contribution is 5.44. The molecule has 13 heavy (non-hydrogen) atoms. The van der Waals surface area contributed by atoms with Crippen LogP contribution in [0.5, 0.6) is 5.75 Å². The SMILES string of the molecule is CC(C)Oc1cccnc1N=[N+]=[N-]. The summed E-state index contributed by atoms with van der Waals surface area (Å²) in [6.07, 6.45) is 1.59. The van der Waals surface area contributed by atoms with Crippen LogP contribution in [0.15, 0.2) is 23.4 Å². The van der Waals surface area contributed by atoms with E-state index in [9.17, 15) is 0 Å². The molecule has 1 aromatic rings. The van der Waals surface area contributed by atoms with Gasteiger partial charge in [0, 0.05) is 11.1 Å². The number of hydrogen-bond acceptors (Lipinski definition) is 3. The van der Waals surface area contributed by atoms with Crippen LogP contribution in [0.4, 0.5) is 5.82 Å². The van der Waals surface area contributed by atoms with Gasteiger partial charge in [0.05, 0.1) is 6.10 Å². The van der Waals surface area contributed by atoms with E-state index in [0.29, 0.717) is 5.75 Å². The molecule has 0 saturated heterocycles. The molecular formula is C8H10N4O. The fourth-order valence-corrected chi connectivity index (χ4v) is 0.846. The zero-order valence-corrected chi connectivity index (χ0v) is 7.51. The van der Waals surface area contributed by atoms with Gasteiger partial charge in [-0.2, -0.15) is 0 Å². The molecule has 0 fully saturated rings. The molecule has 0 amide bonds. The average Bonchev–Trinajstić information content (AvgIpc) is 2.08. The van der Waals surface area contributed by atoms with E-state index in [0.717, 1.165) is 0 Å². The third kappa shape index (κ3) is 2.65. The Bertz CT molecular complexity index is 331. The fourth-order valence-electron chi connectivity index (χ4n) is 0.846. The first kappa shape index (κ1) is 9.35. The number of ether oxygens (including phenoxy) is 1. The van der Waals surface area contributed by atoms with E-state index in [2.05, 4.69) is 15.0 Å². The Labute approximate surface area is 76.0 Å². The molecule has 1 heterocycles. The van der Waals surface area contributed by atoms with Crippen molar-refractivity contribution in [1.29, 1.82) is 0 Å². The lowest BCUT2D eigenvalue weighted by atomic mass is 10.4. The minimum atomic E-state index is 0.0387. The summed E-state index contributed by atoms with van der Waals surface area (Å²) in [5, 5.41) is 3.40. The molecule has 0 N–H and O–H groups in total. The van der Waals surface area contributed by atoms with Gasteiger partial charge in [-0.15, -0.1) is 0 Å². The fraction of sp³-hybridized carbons (Fsp3) is 0.375. The molecule has 5 heteroatoms. The summed E-state index contributed by atoms with van der Waals surface area (Å²) in [6.45, 7) is 3.79. The van der Waals surface area contributed by atoms with Crippen molar-refractivity contribution in [2.24, 2.45) is 5.11 Å². The van der Waals surface area contributed by atoms with Crippen LogP contribution in [0.25, 0.3) is 10.4 Å². The third-order valence-corrected chi connectivity index (χ3v) is 1.25. The van der Waals surface area contributed by atoms with Crippen molar-refractivity contribution in [1.82, 2.24) is 4.98 Å². The molecule has 5 nitrogen and oxygen atoms in total. The second-order valence-electron chi connectivity index (χ2n) is 2.68. The molecule has 1 rings (SSSR count). The van der Waals surface area contributed by atoms with Crippen LogP contribution in [0.3, 0.4) is 0 Å². The van der Waals surface area contributed by atoms with Crippen molar-refractivity contribution in [2.45, 2.75) is 20.0 Å².